The zero-order valence-corrected chi connectivity index (χ0v) is 12.8. The number of hydrogen-bond acceptors (Lipinski definition) is 2. The summed E-state index contributed by atoms with van der Waals surface area (Å²) in [4.78, 5) is 0. The van der Waals surface area contributed by atoms with Crippen LogP contribution in [0.15, 0.2) is 18.2 Å². The fourth-order valence-corrected chi connectivity index (χ4v) is 2.84. The summed E-state index contributed by atoms with van der Waals surface area (Å²) in [5, 5.41) is 0. The summed E-state index contributed by atoms with van der Waals surface area (Å²) < 4.78 is 26.4. The SMILES string of the molecule is CC(CC(Cc1cc(F)cc(F)c1)NN)CC(C)(C)C. The number of halogens is 2. The average Bonchev–Trinajstić information content (AvgIpc) is 2.23. The third kappa shape index (κ3) is 6.44. The second-order valence-electron chi connectivity index (χ2n) is 6.95. The Labute approximate surface area is 120 Å². The van der Waals surface area contributed by atoms with Gasteiger partial charge in [0.15, 0.2) is 0 Å². The molecule has 1 aromatic rings. The van der Waals surface area contributed by atoms with Gasteiger partial charge in [-0.15, -0.1) is 0 Å². The molecule has 0 aliphatic rings. The van der Waals surface area contributed by atoms with E-state index in [1.807, 2.05) is 0 Å². The maximum Gasteiger partial charge on any atom is 0.126 e. The number of nitrogens with one attached hydrogen (secondary N) is 1. The van der Waals surface area contributed by atoms with Gasteiger partial charge in [-0.05, 0) is 48.3 Å². The first-order valence-electron chi connectivity index (χ1n) is 7.10. The summed E-state index contributed by atoms with van der Waals surface area (Å²) in [5.74, 6) is 4.98. The summed E-state index contributed by atoms with van der Waals surface area (Å²) in [6.45, 7) is 8.80. The summed E-state index contributed by atoms with van der Waals surface area (Å²) in [5.41, 5.74) is 3.66. The third-order valence-electron chi connectivity index (χ3n) is 3.29. The van der Waals surface area contributed by atoms with Crippen molar-refractivity contribution < 1.29 is 8.78 Å². The van der Waals surface area contributed by atoms with E-state index in [1.54, 1.807) is 0 Å². The molecule has 2 unspecified atom stereocenters. The van der Waals surface area contributed by atoms with Crippen molar-refractivity contribution in [3.8, 4) is 0 Å². The maximum absolute atomic E-state index is 13.2. The normalized spacial score (nSPS) is 15.2. The highest BCUT2D eigenvalue weighted by molar-refractivity contribution is 5.18. The first kappa shape index (κ1) is 17.1. The van der Waals surface area contributed by atoms with Crippen LogP contribution in [0.25, 0.3) is 0 Å². The molecule has 0 heterocycles. The molecular weight excluding hydrogens is 258 g/mol. The predicted octanol–water partition coefficient (Wildman–Crippen LogP) is 3.80. The van der Waals surface area contributed by atoms with E-state index in [4.69, 9.17) is 5.84 Å². The molecule has 20 heavy (non-hydrogen) atoms. The van der Waals surface area contributed by atoms with Crippen LogP contribution in [0, 0.1) is 23.0 Å². The third-order valence-corrected chi connectivity index (χ3v) is 3.29. The summed E-state index contributed by atoms with van der Waals surface area (Å²) in [6, 6.07) is 3.63. The maximum atomic E-state index is 13.2. The van der Waals surface area contributed by atoms with Crippen LogP contribution in [0.3, 0.4) is 0 Å². The molecule has 0 aliphatic heterocycles. The second-order valence-corrected chi connectivity index (χ2v) is 6.95. The van der Waals surface area contributed by atoms with Crippen molar-refractivity contribution in [1.82, 2.24) is 5.43 Å². The fourth-order valence-electron chi connectivity index (χ4n) is 2.84. The Morgan fingerprint density at radius 1 is 1.15 bits per heavy atom. The van der Waals surface area contributed by atoms with Gasteiger partial charge in [-0.1, -0.05) is 27.7 Å². The molecule has 0 saturated carbocycles. The quantitative estimate of drug-likeness (QED) is 0.616. The Hall–Kier alpha value is -1.00. The topological polar surface area (TPSA) is 38.0 Å². The largest absolute Gasteiger partial charge is 0.271 e. The summed E-state index contributed by atoms with van der Waals surface area (Å²) in [7, 11) is 0. The van der Waals surface area contributed by atoms with Crippen molar-refractivity contribution in [3.63, 3.8) is 0 Å². The molecule has 0 radical (unpaired) electrons. The fraction of sp³-hybridized carbons (Fsp3) is 0.625. The van der Waals surface area contributed by atoms with Crippen LogP contribution in [0.2, 0.25) is 0 Å². The van der Waals surface area contributed by atoms with Gasteiger partial charge < -0.3 is 0 Å². The van der Waals surface area contributed by atoms with E-state index in [-0.39, 0.29) is 11.5 Å². The Kier molecular flexibility index (Phi) is 6.08. The number of hydrogen-bond donors (Lipinski definition) is 2. The van der Waals surface area contributed by atoms with E-state index in [0.717, 1.165) is 18.9 Å². The van der Waals surface area contributed by atoms with Gasteiger partial charge >= 0.3 is 0 Å². The Morgan fingerprint density at radius 3 is 2.15 bits per heavy atom. The van der Waals surface area contributed by atoms with Crippen LogP contribution in [-0.2, 0) is 6.42 Å². The Bertz CT molecular complexity index is 407. The highest BCUT2D eigenvalue weighted by Crippen LogP contribution is 2.27. The first-order chi connectivity index (χ1) is 9.19. The number of benzene rings is 1. The van der Waals surface area contributed by atoms with Gasteiger partial charge in [0, 0.05) is 12.1 Å². The first-order valence-corrected chi connectivity index (χ1v) is 7.10. The van der Waals surface area contributed by atoms with Crippen LogP contribution >= 0.6 is 0 Å². The molecular formula is C16H26F2N2. The molecule has 4 heteroatoms. The zero-order chi connectivity index (χ0) is 15.3. The standard InChI is InChI=1S/C16H26F2N2/c1-11(10-16(2,3)4)5-15(20-19)8-12-6-13(17)9-14(18)7-12/h6-7,9,11,15,20H,5,8,10,19H2,1-4H3. The van der Waals surface area contributed by atoms with Crippen molar-refractivity contribution in [3.05, 3.63) is 35.4 Å². The van der Waals surface area contributed by atoms with E-state index in [0.29, 0.717) is 17.9 Å². The highest BCUT2D eigenvalue weighted by Gasteiger charge is 2.19. The monoisotopic (exact) mass is 284 g/mol. The van der Waals surface area contributed by atoms with Gasteiger partial charge in [0.25, 0.3) is 0 Å². The average molecular weight is 284 g/mol. The number of nitrogens with two attached hydrogens (primary N) is 1. The molecule has 0 amide bonds. The van der Waals surface area contributed by atoms with Gasteiger partial charge in [0.2, 0.25) is 0 Å². The molecule has 0 aliphatic carbocycles. The minimum absolute atomic E-state index is 0.0218. The van der Waals surface area contributed by atoms with Gasteiger partial charge in [0.05, 0.1) is 0 Å². The molecule has 0 saturated heterocycles. The van der Waals surface area contributed by atoms with Crippen molar-refractivity contribution in [2.24, 2.45) is 17.2 Å². The summed E-state index contributed by atoms with van der Waals surface area (Å²) in [6.07, 6.45) is 2.49. The molecule has 0 bridgehead atoms. The van der Waals surface area contributed by atoms with Crippen LogP contribution in [0.1, 0.15) is 46.1 Å². The molecule has 114 valence electrons. The van der Waals surface area contributed by atoms with Crippen molar-refractivity contribution in [2.75, 3.05) is 0 Å². The molecule has 3 N–H and O–H groups in total. The number of rotatable bonds is 6. The highest BCUT2D eigenvalue weighted by atomic mass is 19.1. The van der Waals surface area contributed by atoms with Crippen LogP contribution in [-0.4, -0.2) is 6.04 Å². The van der Waals surface area contributed by atoms with Gasteiger partial charge in [-0.2, -0.15) is 0 Å². The molecule has 0 aromatic heterocycles. The lowest BCUT2D eigenvalue weighted by Crippen LogP contribution is -2.38. The molecule has 1 aromatic carbocycles. The second kappa shape index (κ2) is 7.14. The van der Waals surface area contributed by atoms with Crippen molar-refractivity contribution in [2.45, 2.75) is 53.0 Å². The van der Waals surface area contributed by atoms with Crippen LogP contribution in [0.4, 0.5) is 8.78 Å². The minimum atomic E-state index is -0.543. The van der Waals surface area contributed by atoms with Crippen molar-refractivity contribution in [1.29, 1.82) is 0 Å². The van der Waals surface area contributed by atoms with Gasteiger partial charge in [0.1, 0.15) is 11.6 Å². The van der Waals surface area contributed by atoms with Crippen LogP contribution in [0.5, 0.6) is 0 Å². The lowest BCUT2D eigenvalue weighted by atomic mass is 9.82. The summed E-state index contributed by atoms with van der Waals surface area (Å²) >= 11 is 0. The molecule has 2 atom stereocenters. The molecule has 0 fully saturated rings. The number of hydrazine groups is 1. The molecule has 2 nitrogen and oxygen atoms in total. The van der Waals surface area contributed by atoms with Crippen LogP contribution < -0.4 is 11.3 Å². The lowest BCUT2D eigenvalue weighted by molar-refractivity contribution is 0.274. The molecule has 1 rings (SSSR count). The van der Waals surface area contributed by atoms with Gasteiger partial charge in [-0.25, -0.2) is 8.78 Å². The van der Waals surface area contributed by atoms with Crippen molar-refractivity contribution >= 4 is 0 Å². The van der Waals surface area contributed by atoms with E-state index in [9.17, 15) is 8.78 Å². The molecule has 0 spiro atoms. The van der Waals surface area contributed by atoms with E-state index < -0.39 is 11.6 Å². The van der Waals surface area contributed by atoms with E-state index >= 15 is 0 Å². The Balaban J connectivity index is 2.63. The minimum Gasteiger partial charge on any atom is -0.271 e. The van der Waals surface area contributed by atoms with E-state index in [2.05, 4.69) is 33.1 Å². The Morgan fingerprint density at radius 2 is 1.70 bits per heavy atom. The predicted molar refractivity (Wildman–Crippen MR) is 79.0 cm³/mol. The smallest absolute Gasteiger partial charge is 0.126 e. The van der Waals surface area contributed by atoms with E-state index in [1.165, 1.54) is 12.1 Å². The zero-order valence-electron chi connectivity index (χ0n) is 12.8. The lowest BCUT2D eigenvalue weighted by Gasteiger charge is -2.26. The van der Waals surface area contributed by atoms with Gasteiger partial charge in [-0.3, -0.25) is 11.3 Å².